The van der Waals surface area contributed by atoms with E-state index in [9.17, 15) is 14.4 Å². The molecule has 2 rings (SSSR count). The molecule has 0 radical (unpaired) electrons. The van der Waals surface area contributed by atoms with Crippen LogP contribution in [0, 0.1) is 0 Å². The largest absolute Gasteiger partial charge is 0.496 e. The minimum absolute atomic E-state index is 0.0267. The average Bonchev–Trinajstić information content (AvgIpc) is 2.87. The summed E-state index contributed by atoms with van der Waals surface area (Å²) >= 11 is 0. The van der Waals surface area contributed by atoms with Gasteiger partial charge in [-0.25, -0.2) is 4.79 Å². The molecule has 39 heavy (non-hydrogen) atoms. The monoisotopic (exact) mass is 554 g/mol. The third-order valence-electron chi connectivity index (χ3n) is 4.70. The standard InChI is InChI=1S/C14H21NO7.C9H13N3O.C3H8O/c1-8(16)20-7-6-11(21-9(2)17)13-10(15)4-5-12(22-13)14(18)19-3;1-13-9-5-3-2-4-7(9)8(10)6-12-11;1-3(2)4/h5,10-11,13H,4,6-7,15H2,1-3H3;2-6,12H,10-11H2,1H3;3-4H,1-2H3/b;8-6-;. The number of hydrogen-bond donors (Lipinski definition) is 5. The lowest BCUT2D eigenvalue weighted by atomic mass is 9.98. The van der Waals surface area contributed by atoms with E-state index in [0.29, 0.717) is 12.1 Å². The first-order valence-corrected chi connectivity index (χ1v) is 12.1. The molecular weight excluding hydrogens is 512 g/mol. The summed E-state index contributed by atoms with van der Waals surface area (Å²) in [6, 6.07) is 7.00. The number of ether oxygens (including phenoxy) is 5. The van der Waals surface area contributed by atoms with Crippen LogP contribution >= 0.6 is 0 Å². The molecule has 1 aliphatic heterocycles. The highest BCUT2D eigenvalue weighted by atomic mass is 16.6. The van der Waals surface area contributed by atoms with Gasteiger partial charge in [0.1, 0.15) is 11.9 Å². The Kier molecular flexibility index (Phi) is 17.4. The molecule has 1 aromatic rings. The number of carbonyl (C=O) groups is 3. The fourth-order valence-corrected chi connectivity index (χ4v) is 3.12. The van der Waals surface area contributed by atoms with Crippen LogP contribution in [0.25, 0.3) is 5.70 Å². The maximum atomic E-state index is 11.5. The number of nitrogens with one attached hydrogen (secondary N) is 1. The Morgan fingerprint density at radius 1 is 1.18 bits per heavy atom. The third-order valence-corrected chi connectivity index (χ3v) is 4.70. The molecule has 0 fully saturated rings. The highest BCUT2D eigenvalue weighted by Gasteiger charge is 2.36. The Hall–Kier alpha value is -3.81. The van der Waals surface area contributed by atoms with Crippen LogP contribution in [0.1, 0.15) is 46.1 Å². The summed E-state index contributed by atoms with van der Waals surface area (Å²) < 4.78 is 25.3. The number of carbonyl (C=O) groups excluding carboxylic acids is 3. The van der Waals surface area contributed by atoms with Crippen LogP contribution in [0.3, 0.4) is 0 Å². The molecule has 0 bridgehead atoms. The lowest BCUT2D eigenvalue weighted by Gasteiger charge is -2.34. The zero-order chi connectivity index (χ0) is 30.0. The summed E-state index contributed by atoms with van der Waals surface area (Å²) in [5.74, 6) is 4.28. The number of hydrogen-bond acceptors (Lipinski definition) is 13. The molecular formula is C26H42N4O9. The quantitative estimate of drug-likeness (QED) is 0.124. The van der Waals surface area contributed by atoms with Crippen LogP contribution < -0.4 is 27.5 Å². The van der Waals surface area contributed by atoms with E-state index in [1.807, 2.05) is 24.3 Å². The highest BCUT2D eigenvalue weighted by Crippen LogP contribution is 2.24. The lowest BCUT2D eigenvalue weighted by Crippen LogP contribution is -2.49. The summed E-state index contributed by atoms with van der Waals surface area (Å²) in [5, 5.41) is 8.06. The molecule has 0 aliphatic carbocycles. The number of benzene rings is 1. The Morgan fingerprint density at radius 3 is 2.31 bits per heavy atom. The summed E-state index contributed by atoms with van der Waals surface area (Å²) in [7, 11) is 2.84. The molecule has 8 N–H and O–H groups in total. The van der Waals surface area contributed by atoms with Crippen molar-refractivity contribution < 1.29 is 43.2 Å². The van der Waals surface area contributed by atoms with E-state index >= 15 is 0 Å². The summed E-state index contributed by atoms with van der Waals surface area (Å²) in [5.41, 5.74) is 15.4. The molecule has 13 heteroatoms. The van der Waals surface area contributed by atoms with E-state index in [1.165, 1.54) is 33.2 Å². The number of para-hydroxylation sites is 1. The second kappa shape index (κ2) is 19.3. The fraction of sp³-hybridized carbons (Fsp3) is 0.500. The normalized spacial score (nSPS) is 17.0. The zero-order valence-corrected chi connectivity index (χ0v) is 23.3. The van der Waals surface area contributed by atoms with Crippen molar-refractivity contribution in [1.29, 1.82) is 0 Å². The van der Waals surface area contributed by atoms with Crippen LogP contribution in [0.15, 0.2) is 42.3 Å². The van der Waals surface area contributed by atoms with Gasteiger partial charge in [0.05, 0.1) is 26.5 Å². The number of aliphatic hydroxyl groups is 1. The highest BCUT2D eigenvalue weighted by molar-refractivity contribution is 5.86. The van der Waals surface area contributed by atoms with Gasteiger partial charge < -0.3 is 45.7 Å². The minimum atomic E-state index is -0.736. The SMILES string of the molecule is CC(C)O.COC(=O)C1=CCC(N)C(C(CCOC(C)=O)OC(C)=O)O1.COc1ccccc1/C(N)=C/NN. The van der Waals surface area contributed by atoms with E-state index in [4.69, 9.17) is 41.4 Å². The van der Waals surface area contributed by atoms with Crippen molar-refractivity contribution in [2.45, 2.75) is 64.9 Å². The third kappa shape index (κ3) is 14.6. The molecule has 220 valence electrons. The molecule has 0 spiro atoms. The number of aliphatic hydroxyl groups excluding tert-OH is 1. The summed E-state index contributed by atoms with van der Waals surface area (Å²) in [6.45, 7) is 6.03. The number of nitrogens with two attached hydrogens (primary N) is 3. The first-order chi connectivity index (χ1) is 18.4. The van der Waals surface area contributed by atoms with Crippen LogP contribution in [0.5, 0.6) is 5.75 Å². The first-order valence-electron chi connectivity index (χ1n) is 12.1. The molecule has 0 saturated heterocycles. The predicted molar refractivity (Wildman–Crippen MR) is 144 cm³/mol. The number of methoxy groups -OCH3 is 2. The van der Waals surface area contributed by atoms with E-state index in [1.54, 1.807) is 21.0 Å². The summed E-state index contributed by atoms with van der Waals surface area (Å²) in [6.07, 6.45) is 2.01. The van der Waals surface area contributed by atoms with Gasteiger partial charge >= 0.3 is 17.9 Å². The molecule has 0 saturated carbocycles. The van der Waals surface area contributed by atoms with Crippen molar-refractivity contribution in [1.82, 2.24) is 5.43 Å². The Balaban J connectivity index is 0.000000714. The zero-order valence-electron chi connectivity index (χ0n) is 23.3. The maximum Gasteiger partial charge on any atom is 0.372 e. The van der Waals surface area contributed by atoms with Gasteiger partial charge in [0.25, 0.3) is 0 Å². The van der Waals surface area contributed by atoms with Gasteiger partial charge in [0.15, 0.2) is 6.10 Å². The van der Waals surface area contributed by atoms with Crippen LogP contribution in [0.2, 0.25) is 0 Å². The van der Waals surface area contributed by atoms with Crippen molar-refractivity contribution in [3.63, 3.8) is 0 Å². The predicted octanol–water partition coefficient (Wildman–Crippen LogP) is 0.847. The number of esters is 3. The van der Waals surface area contributed by atoms with Crippen molar-refractivity contribution >= 4 is 23.6 Å². The van der Waals surface area contributed by atoms with Gasteiger partial charge in [-0.2, -0.15) is 0 Å². The van der Waals surface area contributed by atoms with Crippen molar-refractivity contribution in [2.24, 2.45) is 17.3 Å². The molecule has 3 atom stereocenters. The molecule has 1 aliphatic rings. The minimum Gasteiger partial charge on any atom is -0.496 e. The van der Waals surface area contributed by atoms with Crippen LogP contribution in [0.4, 0.5) is 0 Å². The lowest BCUT2D eigenvalue weighted by molar-refractivity contribution is -0.159. The number of rotatable bonds is 9. The molecule has 1 aromatic carbocycles. The van der Waals surface area contributed by atoms with Crippen molar-refractivity contribution in [3.05, 3.63) is 47.9 Å². The molecule has 0 aromatic heterocycles. The topological polar surface area (TPSA) is 208 Å². The second-order valence-electron chi connectivity index (χ2n) is 8.38. The van der Waals surface area contributed by atoms with Gasteiger partial charge in [-0.3, -0.25) is 15.4 Å². The molecule has 3 unspecified atom stereocenters. The smallest absolute Gasteiger partial charge is 0.372 e. The van der Waals surface area contributed by atoms with Gasteiger partial charge in [0, 0.05) is 44.2 Å². The van der Waals surface area contributed by atoms with E-state index in [-0.39, 0.29) is 24.9 Å². The van der Waals surface area contributed by atoms with Gasteiger partial charge in [-0.1, -0.05) is 12.1 Å². The second-order valence-corrected chi connectivity index (χ2v) is 8.38. The van der Waals surface area contributed by atoms with Crippen molar-refractivity contribution in [2.75, 3.05) is 20.8 Å². The molecule has 1 heterocycles. The number of hydrazine groups is 1. The Bertz CT molecular complexity index is 964. The Morgan fingerprint density at radius 2 is 1.79 bits per heavy atom. The fourth-order valence-electron chi connectivity index (χ4n) is 3.12. The van der Waals surface area contributed by atoms with E-state index in [0.717, 1.165) is 11.3 Å². The van der Waals surface area contributed by atoms with E-state index in [2.05, 4.69) is 10.2 Å². The van der Waals surface area contributed by atoms with Gasteiger partial charge in [-0.05, 0) is 38.5 Å². The van der Waals surface area contributed by atoms with Crippen LogP contribution in [-0.4, -0.2) is 68.2 Å². The van der Waals surface area contributed by atoms with Crippen molar-refractivity contribution in [3.8, 4) is 5.75 Å². The summed E-state index contributed by atoms with van der Waals surface area (Å²) in [4.78, 5) is 33.6. The molecule has 13 nitrogen and oxygen atoms in total. The van der Waals surface area contributed by atoms with E-state index < -0.39 is 36.2 Å². The van der Waals surface area contributed by atoms with Crippen LogP contribution in [-0.2, 0) is 33.3 Å². The first kappa shape index (κ1) is 35.2. The maximum absolute atomic E-state index is 11.5. The van der Waals surface area contributed by atoms with Gasteiger partial charge in [-0.15, -0.1) is 0 Å². The van der Waals surface area contributed by atoms with Gasteiger partial charge in [0.2, 0.25) is 5.76 Å². The average molecular weight is 555 g/mol. The molecule has 0 amide bonds. The Labute approximate surface area is 229 Å².